The maximum atomic E-state index is 3.60. The van der Waals surface area contributed by atoms with E-state index in [0.717, 1.165) is 12.5 Å². The lowest BCUT2D eigenvalue weighted by molar-refractivity contribution is 0.153. The highest BCUT2D eigenvalue weighted by Crippen LogP contribution is 2.48. The Hall–Kier alpha value is -0.340. The third-order valence-corrected chi connectivity index (χ3v) is 4.49. The monoisotopic (exact) mass is 223 g/mol. The van der Waals surface area contributed by atoms with Crippen molar-refractivity contribution in [2.75, 3.05) is 6.54 Å². The summed E-state index contributed by atoms with van der Waals surface area (Å²) in [7, 11) is 0. The molecule has 84 valence electrons. The van der Waals surface area contributed by atoms with Crippen molar-refractivity contribution >= 4 is 11.3 Å². The highest BCUT2D eigenvalue weighted by molar-refractivity contribution is 7.10. The summed E-state index contributed by atoms with van der Waals surface area (Å²) in [5.74, 6) is 0.904. The van der Waals surface area contributed by atoms with Crippen LogP contribution >= 0.6 is 11.3 Å². The second-order valence-corrected chi connectivity index (χ2v) is 6.25. The zero-order valence-electron chi connectivity index (χ0n) is 9.92. The van der Waals surface area contributed by atoms with Crippen LogP contribution in [0.5, 0.6) is 0 Å². The van der Waals surface area contributed by atoms with Crippen molar-refractivity contribution in [3.05, 3.63) is 22.4 Å². The zero-order valence-corrected chi connectivity index (χ0v) is 10.7. The highest BCUT2D eigenvalue weighted by atomic mass is 32.1. The summed E-state index contributed by atoms with van der Waals surface area (Å²) in [6.07, 6.45) is 2.71. The van der Waals surface area contributed by atoms with Gasteiger partial charge in [-0.1, -0.05) is 26.8 Å². The molecule has 15 heavy (non-hydrogen) atoms. The van der Waals surface area contributed by atoms with Gasteiger partial charge in [0.15, 0.2) is 0 Å². The predicted molar refractivity (Wildman–Crippen MR) is 67.5 cm³/mol. The van der Waals surface area contributed by atoms with E-state index < -0.39 is 0 Å². The molecule has 2 heteroatoms. The van der Waals surface area contributed by atoms with Gasteiger partial charge in [0, 0.05) is 22.9 Å². The van der Waals surface area contributed by atoms with Crippen molar-refractivity contribution in [2.45, 2.75) is 45.1 Å². The molecular formula is C13H21NS. The first-order valence-electron chi connectivity index (χ1n) is 5.90. The predicted octanol–water partition coefficient (Wildman–Crippen LogP) is 3.41. The molecule has 1 aliphatic rings. The molecule has 1 nitrogen and oxygen atoms in total. The summed E-state index contributed by atoms with van der Waals surface area (Å²) in [4.78, 5) is 1.58. The molecule has 0 aliphatic heterocycles. The van der Waals surface area contributed by atoms with Crippen LogP contribution in [0.1, 0.15) is 38.5 Å². The normalized spacial score (nSPS) is 30.5. The van der Waals surface area contributed by atoms with Crippen molar-refractivity contribution in [1.29, 1.82) is 0 Å². The van der Waals surface area contributed by atoms with Gasteiger partial charge in [0.2, 0.25) is 0 Å². The molecule has 2 rings (SSSR count). The van der Waals surface area contributed by atoms with Crippen LogP contribution < -0.4 is 5.32 Å². The Labute approximate surface area is 96.9 Å². The molecule has 1 saturated carbocycles. The van der Waals surface area contributed by atoms with E-state index in [1.807, 2.05) is 11.3 Å². The van der Waals surface area contributed by atoms with E-state index in [4.69, 9.17) is 0 Å². The molecule has 1 aromatic rings. The second kappa shape index (κ2) is 4.26. The van der Waals surface area contributed by atoms with E-state index in [9.17, 15) is 0 Å². The second-order valence-electron chi connectivity index (χ2n) is 5.31. The van der Waals surface area contributed by atoms with E-state index in [0.29, 0.717) is 11.5 Å². The fraction of sp³-hybridized carbons (Fsp3) is 0.692. The van der Waals surface area contributed by atoms with Gasteiger partial charge in [-0.05, 0) is 30.2 Å². The first-order chi connectivity index (χ1) is 7.12. The third kappa shape index (κ3) is 2.26. The molecule has 1 N–H and O–H groups in total. The molecular weight excluding hydrogens is 202 g/mol. The van der Waals surface area contributed by atoms with Crippen LogP contribution in [-0.2, 0) is 5.41 Å². The summed E-state index contributed by atoms with van der Waals surface area (Å²) in [5, 5.41) is 5.81. The smallest absolute Gasteiger partial charge is 0.0177 e. The van der Waals surface area contributed by atoms with Crippen LogP contribution in [0.25, 0.3) is 0 Å². The number of nitrogens with one attached hydrogen (secondary N) is 1. The first-order valence-corrected chi connectivity index (χ1v) is 6.78. The Morgan fingerprint density at radius 2 is 2.27 bits per heavy atom. The number of thiophene rings is 1. The van der Waals surface area contributed by atoms with Gasteiger partial charge >= 0.3 is 0 Å². The zero-order chi connectivity index (χ0) is 10.9. The lowest BCUT2D eigenvalue weighted by Gasteiger charge is -2.46. The maximum absolute atomic E-state index is 3.60. The van der Waals surface area contributed by atoms with Crippen LogP contribution in [0.3, 0.4) is 0 Å². The Bertz CT molecular complexity index is 296. The van der Waals surface area contributed by atoms with Crippen molar-refractivity contribution in [3.63, 3.8) is 0 Å². The van der Waals surface area contributed by atoms with Crippen molar-refractivity contribution in [2.24, 2.45) is 5.92 Å². The van der Waals surface area contributed by atoms with Crippen molar-refractivity contribution in [3.8, 4) is 0 Å². The highest BCUT2D eigenvalue weighted by Gasteiger charge is 2.43. The van der Waals surface area contributed by atoms with Crippen LogP contribution in [0, 0.1) is 5.92 Å². The number of hydrogen-bond acceptors (Lipinski definition) is 2. The van der Waals surface area contributed by atoms with Gasteiger partial charge in [0.25, 0.3) is 0 Å². The maximum Gasteiger partial charge on any atom is 0.0177 e. The van der Waals surface area contributed by atoms with Gasteiger partial charge in [-0.3, -0.25) is 0 Å². The quantitative estimate of drug-likeness (QED) is 0.825. The SMILES string of the molecule is CC1CC(CNC(C)C)(c2cccs2)C1. The van der Waals surface area contributed by atoms with E-state index >= 15 is 0 Å². The van der Waals surface area contributed by atoms with Gasteiger partial charge in [0.05, 0.1) is 0 Å². The molecule has 0 spiro atoms. The molecule has 1 heterocycles. The van der Waals surface area contributed by atoms with Crippen LogP contribution in [-0.4, -0.2) is 12.6 Å². The number of rotatable bonds is 4. The fourth-order valence-electron chi connectivity index (χ4n) is 2.69. The Kier molecular flexibility index (Phi) is 3.17. The minimum atomic E-state index is 0.456. The molecule has 0 amide bonds. The van der Waals surface area contributed by atoms with Crippen LogP contribution in [0.4, 0.5) is 0 Å². The molecule has 0 aromatic carbocycles. The van der Waals surface area contributed by atoms with Crippen LogP contribution in [0.2, 0.25) is 0 Å². The lowest BCUT2D eigenvalue weighted by atomic mass is 9.61. The van der Waals surface area contributed by atoms with Gasteiger partial charge in [0.1, 0.15) is 0 Å². The molecule has 1 fully saturated rings. The minimum absolute atomic E-state index is 0.456. The third-order valence-electron chi connectivity index (χ3n) is 3.37. The largest absolute Gasteiger partial charge is 0.314 e. The summed E-state index contributed by atoms with van der Waals surface area (Å²) in [6, 6.07) is 5.08. The number of hydrogen-bond donors (Lipinski definition) is 1. The van der Waals surface area contributed by atoms with E-state index in [-0.39, 0.29) is 0 Å². The summed E-state index contributed by atoms with van der Waals surface area (Å²) in [5.41, 5.74) is 0.456. The van der Waals surface area contributed by atoms with Gasteiger partial charge in [-0.2, -0.15) is 0 Å². The Balaban J connectivity index is 2.05. The molecule has 1 aliphatic carbocycles. The minimum Gasteiger partial charge on any atom is -0.314 e. The molecule has 0 saturated heterocycles. The Morgan fingerprint density at radius 1 is 1.53 bits per heavy atom. The molecule has 0 atom stereocenters. The standard InChI is InChI=1S/C13H21NS/c1-10(2)14-9-13(7-11(3)8-13)12-5-4-6-15-12/h4-6,10-11,14H,7-9H2,1-3H3. The van der Waals surface area contributed by atoms with E-state index in [2.05, 4.69) is 43.6 Å². The average molecular weight is 223 g/mol. The average Bonchev–Trinajstić information content (AvgIpc) is 2.63. The van der Waals surface area contributed by atoms with Crippen LogP contribution in [0.15, 0.2) is 17.5 Å². The summed E-state index contributed by atoms with van der Waals surface area (Å²) >= 11 is 1.92. The molecule has 0 radical (unpaired) electrons. The van der Waals surface area contributed by atoms with Crippen molar-refractivity contribution < 1.29 is 0 Å². The van der Waals surface area contributed by atoms with Gasteiger partial charge < -0.3 is 5.32 Å². The Morgan fingerprint density at radius 3 is 2.73 bits per heavy atom. The lowest BCUT2D eigenvalue weighted by Crippen LogP contribution is -2.48. The molecule has 0 unspecified atom stereocenters. The first kappa shape index (κ1) is 11.2. The molecule has 0 bridgehead atoms. The topological polar surface area (TPSA) is 12.0 Å². The molecule has 1 aromatic heterocycles. The summed E-state index contributed by atoms with van der Waals surface area (Å²) in [6.45, 7) is 7.96. The van der Waals surface area contributed by atoms with Gasteiger partial charge in [-0.15, -0.1) is 11.3 Å². The van der Waals surface area contributed by atoms with E-state index in [1.165, 1.54) is 12.8 Å². The summed E-state index contributed by atoms with van der Waals surface area (Å²) < 4.78 is 0. The van der Waals surface area contributed by atoms with E-state index in [1.54, 1.807) is 4.88 Å². The van der Waals surface area contributed by atoms with Crippen molar-refractivity contribution in [1.82, 2.24) is 5.32 Å². The fourth-order valence-corrected chi connectivity index (χ4v) is 3.64. The van der Waals surface area contributed by atoms with Gasteiger partial charge in [-0.25, -0.2) is 0 Å².